The summed E-state index contributed by atoms with van der Waals surface area (Å²) >= 11 is 6.17. The van der Waals surface area contributed by atoms with E-state index in [-0.39, 0.29) is 11.2 Å². The van der Waals surface area contributed by atoms with Crippen LogP contribution < -0.4 is 11.0 Å². The van der Waals surface area contributed by atoms with E-state index in [0.717, 1.165) is 40.4 Å². The Hall–Kier alpha value is -2.99. The SMILES string of the molecule is N=c1occn1Cc1cccc2[nH]c(NC3(c4cccc(Cl)c4)CC3)nc12. The number of rotatable bonds is 5. The Balaban J connectivity index is 1.48. The molecule has 0 aliphatic heterocycles. The largest absolute Gasteiger partial charge is 0.432 e. The first-order valence-corrected chi connectivity index (χ1v) is 9.21. The van der Waals surface area contributed by atoms with Gasteiger partial charge in [0.2, 0.25) is 5.95 Å². The number of imidazole rings is 1. The third kappa shape index (κ3) is 2.92. The molecular formula is C20H18ClN5O. The second-order valence-electron chi connectivity index (χ2n) is 6.95. The Morgan fingerprint density at radius 2 is 2.11 bits per heavy atom. The number of aromatic nitrogens is 3. The van der Waals surface area contributed by atoms with E-state index in [4.69, 9.17) is 26.4 Å². The molecule has 0 spiro atoms. The Labute approximate surface area is 160 Å². The van der Waals surface area contributed by atoms with Crippen molar-refractivity contribution in [1.29, 1.82) is 5.41 Å². The van der Waals surface area contributed by atoms with Gasteiger partial charge >= 0.3 is 0 Å². The van der Waals surface area contributed by atoms with Crippen LogP contribution in [0.3, 0.4) is 0 Å². The number of hydrogen-bond acceptors (Lipinski definition) is 4. The summed E-state index contributed by atoms with van der Waals surface area (Å²) in [6.45, 7) is 0.538. The monoisotopic (exact) mass is 379 g/mol. The highest BCUT2D eigenvalue weighted by Gasteiger charge is 2.45. The lowest BCUT2D eigenvalue weighted by molar-refractivity contribution is 0.458. The van der Waals surface area contributed by atoms with Crippen molar-refractivity contribution < 1.29 is 4.42 Å². The molecular weight excluding hydrogens is 362 g/mol. The van der Waals surface area contributed by atoms with Crippen LogP contribution >= 0.6 is 11.6 Å². The summed E-state index contributed by atoms with van der Waals surface area (Å²) in [7, 11) is 0. The maximum Gasteiger partial charge on any atom is 0.293 e. The zero-order valence-corrected chi connectivity index (χ0v) is 15.3. The summed E-state index contributed by atoms with van der Waals surface area (Å²) in [5.41, 5.74) is 4.10. The molecule has 5 rings (SSSR count). The van der Waals surface area contributed by atoms with Crippen molar-refractivity contribution >= 4 is 28.6 Å². The van der Waals surface area contributed by atoms with E-state index in [1.54, 1.807) is 10.8 Å². The molecule has 2 aromatic heterocycles. The summed E-state index contributed by atoms with van der Waals surface area (Å²) in [6, 6.07) is 14.0. The molecule has 27 heavy (non-hydrogen) atoms. The molecule has 6 nitrogen and oxygen atoms in total. The zero-order chi connectivity index (χ0) is 18.4. The second-order valence-corrected chi connectivity index (χ2v) is 7.39. The number of hydrogen-bond donors (Lipinski definition) is 3. The predicted molar refractivity (Wildman–Crippen MR) is 104 cm³/mol. The van der Waals surface area contributed by atoms with Gasteiger partial charge < -0.3 is 14.7 Å². The van der Waals surface area contributed by atoms with E-state index in [1.165, 1.54) is 11.8 Å². The minimum atomic E-state index is -0.105. The van der Waals surface area contributed by atoms with Crippen molar-refractivity contribution in [3.63, 3.8) is 0 Å². The van der Waals surface area contributed by atoms with Crippen LogP contribution in [0.25, 0.3) is 11.0 Å². The molecule has 0 unspecified atom stereocenters. The van der Waals surface area contributed by atoms with Crippen LogP contribution in [0.2, 0.25) is 5.02 Å². The smallest absolute Gasteiger partial charge is 0.293 e. The molecule has 0 atom stereocenters. The van der Waals surface area contributed by atoms with Crippen LogP contribution in [0.5, 0.6) is 0 Å². The minimum absolute atomic E-state index is 0.105. The van der Waals surface area contributed by atoms with Gasteiger partial charge in [-0.25, -0.2) is 4.98 Å². The zero-order valence-electron chi connectivity index (χ0n) is 14.5. The van der Waals surface area contributed by atoms with Crippen molar-refractivity contribution in [1.82, 2.24) is 14.5 Å². The van der Waals surface area contributed by atoms with Crippen LogP contribution in [0.15, 0.2) is 59.3 Å². The molecule has 2 aromatic carbocycles. The number of aromatic amines is 1. The maximum absolute atomic E-state index is 7.80. The number of benzene rings is 2. The van der Waals surface area contributed by atoms with Crippen molar-refractivity contribution in [2.24, 2.45) is 0 Å². The number of anilines is 1. The highest BCUT2D eigenvalue weighted by atomic mass is 35.5. The lowest BCUT2D eigenvalue weighted by Gasteiger charge is -2.17. The molecule has 136 valence electrons. The normalized spacial score (nSPS) is 15.1. The van der Waals surface area contributed by atoms with E-state index in [0.29, 0.717) is 6.54 Å². The fraction of sp³-hybridized carbons (Fsp3) is 0.200. The summed E-state index contributed by atoms with van der Waals surface area (Å²) in [5.74, 6) is 0.748. The van der Waals surface area contributed by atoms with Crippen LogP contribution in [-0.2, 0) is 12.1 Å². The van der Waals surface area contributed by atoms with Gasteiger partial charge in [0.05, 0.1) is 23.1 Å². The van der Waals surface area contributed by atoms with Crippen LogP contribution in [0.1, 0.15) is 24.0 Å². The van der Waals surface area contributed by atoms with Crippen LogP contribution in [0, 0.1) is 5.41 Å². The molecule has 2 heterocycles. The Bertz CT molecular complexity index is 1180. The molecule has 1 aliphatic carbocycles. The van der Waals surface area contributed by atoms with Crippen molar-refractivity contribution in [3.8, 4) is 0 Å². The van der Waals surface area contributed by atoms with Crippen LogP contribution in [-0.4, -0.2) is 14.5 Å². The molecule has 7 heteroatoms. The average molecular weight is 380 g/mol. The molecule has 1 fully saturated rings. The highest BCUT2D eigenvalue weighted by molar-refractivity contribution is 6.30. The summed E-state index contributed by atoms with van der Waals surface area (Å²) < 4.78 is 6.81. The van der Waals surface area contributed by atoms with Gasteiger partial charge in [0.15, 0.2) is 0 Å². The molecule has 0 bridgehead atoms. The first-order valence-electron chi connectivity index (χ1n) is 8.83. The molecule has 4 aromatic rings. The maximum atomic E-state index is 7.80. The minimum Gasteiger partial charge on any atom is -0.432 e. The molecule has 0 radical (unpaired) electrons. The molecule has 0 saturated heterocycles. The van der Waals surface area contributed by atoms with Crippen molar-refractivity contribution in [2.45, 2.75) is 24.9 Å². The number of para-hydroxylation sites is 1. The molecule has 0 amide bonds. The van der Waals surface area contributed by atoms with E-state index in [1.807, 2.05) is 36.4 Å². The summed E-state index contributed by atoms with van der Waals surface area (Å²) in [4.78, 5) is 8.17. The van der Waals surface area contributed by atoms with Gasteiger partial charge in [-0.2, -0.15) is 0 Å². The number of H-pyrrole nitrogens is 1. The standard InChI is InChI=1S/C20H18ClN5O/c21-15-5-2-4-14(11-15)20(7-8-20)25-19-23-16-6-1-3-13(17(16)24-19)12-26-9-10-27-18(26)22/h1-6,9-11,22H,7-8,12H2,(H2,23,24,25). The van der Waals surface area contributed by atoms with Gasteiger partial charge in [-0.15, -0.1) is 0 Å². The highest BCUT2D eigenvalue weighted by Crippen LogP contribution is 2.48. The Morgan fingerprint density at radius 3 is 2.85 bits per heavy atom. The van der Waals surface area contributed by atoms with Crippen molar-refractivity contribution in [2.75, 3.05) is 5.32 Å². The van der Waals surface area contributed by atoms with E-state index >= 15 is 0 Å². The van der Waals surface area contributed by atoms with Gasteiger partial charge in [-0.1, -0.05) is 35.9 Å². The number of halogens is 1. The topological polar surface area (TPSA) is 82.6 Å². The van der Waals surface area contributed by atoms with Crippen molar-refractivity contribution in [3.05, 3.63) is 76.8 Å². The van der Waals surface area contributed by atoms with Gasteiger partial charge in [-0.05, 0) is 42.2 Å². The predicted octanol–water partition coefficient (Wildman–Crippen LogP) is 4.24. The number of nitrogens with zero attached hydrogens (tertiary/aromatic N) is 2. The van der Waals surface area contributed by atoms with Gasteiger partial charge in [-0.3, -0.25) is 9.98 Å². The van der Waals surface area contributed by atoms with Gasteiger partial charge in [0.1, 0.15) is 6.26 Å². The molecule has 1 saturated carbocycles. The third-order valence-electron chi connectivity index (χ3n) is 5.10. The number of fused-ring (bicyclic) bond motifs is 1. The molecule has 3 N–H and O–H groups in total. The van der Waals surface area contributed by atoms with Gasteiger partial charge in [0.25, 0.3) is 5.68 Å². The third-order valence-corrected chi connectivity index (χ3v) is 5.34. The molecule has 1 aliphatic rings. The first kappa shape index (κ1) is 16.2. The lowest BCUT2D eigenvalue weighted by atomic mass is 10.1. The quantitative estimate of drug-likeness (QED) is 0.485. The first-order chi connectivity index (χ1) is 13.1. The van der Waals surface area contributed by atoms with Gasteiger partial charge in [0, 0.05) is 11.2 Å². The number of oxazole rings is 1. The average Bonchev–Trinajstić information content (AvgIpc) is 3.14. The number of nitrogens with one attached hydrogen (secondary N) is 3. The van der Waals surface area contributed by atoms with E-state index in [9.17, 15) is 0 Å². The van der Waals surface area contributed by atoms with E-state index in [2.05, 4.69) is 16.4 Å². The summed E-state index contributed by atoms with van der Waals surface area (Å²) in [5, 5.41) is 12.1. The second kappa shape index (κ2) is 6.03. The Morgan fingerprint density at radius 1 is 1.26 bits per heavy atom. The van der Waals surface area contributed by atoms with E-state index < -0.39 is 0 Å². The fourth-order valence-corrected chi connectivity index (χ4v) is 3.70. The Kier molecular flexibility index (Phi) is 3.62. The lowest BCUT2D eigenvalue weighted by Crippen LogP contribution is -2.19. The fourth-order valence-electron chi connectivity index (χ4n) is 3.51. The summed E-state index contributed by atoms with van der Waals surface area (Å²) in [6.07, 6.45) is 5.36. The van der Waals surface area contributed by atoms with Crippen LogP contribution in [0.4, 0.5) is 5.95 Å².